The van der Waals surface area contributed by atoms with E-state index >= 15 is 0 Å². The zero-order valence-corrected chi connectivity index (χ0v) is 5.00. The van der Waals surface area contributed by atoms with E-state index < -0.39 is 0 Å². The first-order chi connectivity index (χ1) is 2.91. The van der Waals surface area contributed by atoms with Crippen molar-refractivity contribution in [1.82, 2.24) is 0 Å². The second-order valence-electron chi connectivity index (χ2n) is 0.500. The topological polar surface area (TPSA) is 0 Å². The van der Waals surface area contributed by atoms with Gasteiger partial charge in [0.2, 0.25) is 0 Å². The molecule has 0 atom stereocenters. The third-order valence-corrected chi connectivity index (χ3v) is 0.250. The van der Waals surface area contributed by atoms with Gasteiger partial charge >= 0.3 is 0 Å². The summed E-state index contributed by atoms with van der Waals surface area (Å²) in [5, 5.41) is 0. The SMILES string of the molecule is CC.CC#CC. The maximum absolute atomic E-state index is 2.68. The molecule has 0 heteroatoms. The predicted octanol–water partition coefficient (Wildman–Crippen LogP) is 2.06. The van der Waals surface area contributed by atoms with E-state index in [0.29, 0.717) is 0 Å². The van der Waals surface area contributed by atoms with E-state index in [4.69, 9.17) is 0 Å². The van der Waals surface area contributed by atoms with Gasteiger partial charge in [0.15, 0.2) is 0 Å². The summed E-state index contributed by atoms with van der Waals surface area (Å²) in [6.07, 6.45) is 0. The van der Waals surface area contributed by atoms with Crippen molar-refractivity contribution >= 4 is 0 Å². The van der Waals surface area contributed by atoms with Crippen LogP contribution in [-0.2, 0) is 0 Å². The summed E-state index contributed by atoms with van der Waals surface area (Å²) in [7, 11) is 0. The van der Waals surface area contributed by atoms with Gasteiger partial charge in [-0.2, -0.15) is 0 Å². The smallest absolute Gasteiger partial charge is 0.00271 e. The third kappa shape index (κ3) is 74.4. The second-order valence-corrected chi connectivity index (χ2v) is 0.500. The van der Waals surface area contributed by atoms with Crippen molar-refractivity contribution < 1.29 is 0 Å². The Hall–Kier alpha value is -0.440. The highest BCUT2D eigenvalue weighted by Crippen LogP contribution is 1.39. The lowest BCUT2D eigenvalue weighted by Gasteiger charge is -1.40. The van der Waals surface area contributed by atoms with Crippen molar-refractivity contribution in [3.63, 3.8) is 0 Å². The second kappa shape index (κ2) is 23.7. The van der Waals surface area contributed by atoms with Crippen LogP contribution in [0, 0.1) is 11.8 Å². The standard InChI is InChI=1S/C4H6.C2H6/c1-3-4-2;1-2/h1-2H3;1-2H3. The molecule has 0 amide bonds. The lowest BCUT2D eigenvalue weighted by Crippen LogP contribution is -1.28. The van der Waals surface area contributed by atoms with Gasteiger partial charge in [0.25, 0.3) is 0 Å². The van der Waals surface area contributed by atoms with Gasteiger partial charge in [-0.3, -0.25) is 0 Å². The van der Waals surface area contributed by atoms with E-state index in [1.54, 1.807) is 0 Å². The van der Waals surface area contributed by atoms with Crippen LogP contribution in [-0.4, -0.2) is 0 Å². The van der Waals surface area contributed by atoms with Crippen molar-refractivity contribution in [2.24, 2.45) is 0 Å². The van der Waals surface area contributed by atoms with Crippen molar-refractivity contribution in [2.45, 2.75) is 27.7 Å². The third-order valence-electron chi connectivity index (χ3n) is 0.250. The number of rotatable bonds is 0. The Balaban J connectivity index is 0. The molecule has 0 unspecified atom stereocenters. The minimum atomic E-state index is 1.82. The Bertz CT molecular complexity index is 36.8. The van der Waals surface area contributed by atoms with Crippen molar-refractivity contribution in [3.05, 3.63) is 0 Å². The van der Waals surface area contributed by atoms with Crippen LogP contribution >= 0.6 is 0 Å². The lowest BCUT2D eigenvalue weighted by atomic mass is 10.7. The fourth-order valence-electron chi connectivity index (χ4n) is 0. The molecule has 0 spiro atoms. The fraction of sp³-hybridized carbons (Fsp3) is 0.667. The quantitative estimate of drug-likeness (QED) is 0.394. The van der Waals surface area contributed by atoms with Gasteiger partial charge in [-0.05, 0) is 13.8 Å². The molecule has 0 radical (unpaired) electrons. The van der Waals surface area contributed by atoms with E-state index in [1.807, 2.05) is 27.7 Å². The first-order valence-corrected chi connectivity index (χ1v) is 2.25. The van der Waals surface area contributed by atoms with Gasteiger partial charge in [0.1, 0.15) is 0 Å². The summed E-state index contributed by atoms with van der Waals surface area (Å²) in [5.74, 6) is 5.36. The Morgan fingerprint density at radius 3 is 1.00 bits per heavy atom. The molecule has 0 aromatic carbocycles. The molecule has 36 valence electrons. The molecule has 0 heterocycles. The van der Waals surface area contributed by atoms with Gasteiger partial charge in [0.05, 0.1) is 0 Å². The summed E-state index contributed by atoms with van der Waals surface area (Å²) in [5.41, 5.74) is 0. The Kier molecular flexibility index (Phi) is 36.1. The van der Waals surface area contributed by atoms with Crippen molar-refractivity contribution in [2.75, 3.05) is 0 Å². The molecule has 0 saturated heterocycles. The van der Waals surface area contributed by atoms with Crippen LogP contribution < -0.4 is 0 Å². The Morgan fingerprint density at radius 1 is 0.833 bits per heavy atom. The molecule has 0 saturated carbocycles. The molecule has 0 aliphatic rings. The largest absolute Gasteiger partial charge is 0.107 e. The van der Waals surface area contributed by atoms with Gasteiger partial charge in [-0.1, -0.05) is 13.8 Å². The van der Waals surface area contributed by atoms with Crippen LogP contribution in [0.4, 0.5) is 0 Å². The molecule has 0 N–H and O–H groups in total. The molecular formula is C6H12. The molecule has 0 aromatic rings. The van der Waals surface area contributed by atoms with E-state index in [-0.39, 0.29) is 0 Å². The maximum Gasteiger partial charge on any atom is -0.00271 e. The first-order valence-electron chi connectivity index (χ1n) is 2.25. The van der Waals surface area contributed by atoms with E-state index in [2.05, 4.69) is 11.8 Å². The molecule has 0 rings (SSSR count). The van der Waals surface area contributed by atoms with Crippen LogP contribution in [0.25, 0.3) is 0 Å². The van der Waals surface area contributed by atoms with Crippen LogP contribution in [0.2, 0.25) is 0 Å². The molecule has 0 fully saturated rings. The summed E-state index contributed by atoms with van der Waals surface area (Å²) in [6, 6.07) is 0. The van der Waals surface area contributed by atoms with Crippen molar-refractivity contribution in [3.8, 4) is 11.8 Å². The maximum atomic E-state index is 2.68. The van der Waals surface area contributed by atoms with Crippen LogP contribution in [0.1, 0.15) is 27.7 Å². The highest BCUT2D eigenvalue weighted by Gasteiger charge is 1.26. The monoisotopic (exact) mass is 84.1 g/mol. The normalized spacial score (nSPS) is 3.33. The van der Waals surface area contributed by atoms with Gasteiger partial charge in [0, 0.05) is 0 Å². The van der Waals surface area contributed by atoms with Crippen LogP contribution in [0.5, 0.6) is 0 Å². The van der Waals surface area contributed by atoms with Crippen molar-refractivity contribution in [1.29, 1.82) is 0 Å². The molecule has 6 heavy (non-hydrogen) atoms. The Morgan fingerprint density at radius 2 is 1.00 bits per heavy atom. The molecule has 0 nitrogen and oxygen atoms in total. The van der Waals surface area contributed by atoms with Gasteiger partial charge < -0.3 is 0 Å². The highest BCUT2D eigenvalue weighted by atomic mass is 13.3. The Labute approximate surface area is 40.6 Å². The fourth-order valence-corrected chi connectivity index (χ4v) is 0. The molecule has 0 aliphatic heterocycles. The predicted molar refractivity (Wildman–Crippen MR) is 30.5 cm³/mol. The minimum absolute atomic E-state index is 1.82. The van der Waals surface area contributed by atoms with Crippen LogP contribution in [0.3, 0.4) is 0 Å². The average Bonchev–Trinajstić information content (AvgIpc) is 1.72. The molecule has 0 bridgehead atoms. The zero-order valence-electron chi connectivity index (χ0n) is 5.00. The summed E-state index contributed by atoms with van der Waals surface area (Å²) in [4.78, 5) is 0. The summed E-state index contributed by atoms with van der Waals surface area (Å²) < 4.78 is 0. The van der Waals surface area contributed by atoms with E-state index in [0.717, 1.165) is 0 Å². The van der Waals surface area contributed by atoms with E-state index in [9.17, 15) is 0 Å². The number of hydrogen-bond acceptors (Lipinski definition) is 0. The van der Waals surface area contributed by atoms with Gasteiger partial charge in [-0.15, -0.1) is 11.8 Å². The first kappa shape index (κ1) is 9.12. The van der Waals surface area contributed by atoms with Crippen LogP contribution in [0.15, 0.2) is 0 Å². The summed E-state index contributed by atoms with van der Waals surface area (Å²) >= 11 is 0. The highest BCUT2D eigenvalue weighted by molar-refractivity contribution is 4.89. The molecular weight excluding hydrogens is 72.1 g/mol. The zero-order chi connectivity index (χ0) is 5.41. The molecule has 0 aromatic heterocycles. The minimum Gasteiger partial charge on any atom is -0.107 e. The summed E-state index contributed by atoms with van der Waals surface area (Å²) in [6.45, 7) is 7.64. The average molecular weight is 84.2 g/mol. The number of hydrogen-bond donors (Lipinski definition) is 0. The lowest BCUT2D eigenvalue weighted by molar-refractivity contribution is 1.50. The molecule has 0 aliphatic carbocycles. The van der Waals surface area contributed by atoms with E-state index in [1.165, 1.54) is 0 Å². The van der Waals surface area contributed by atoms with Gasteiger partial charge in [-0.25, -0.2) is 0 Å².